The molecular formula is C11H18F3N3O2. The Hall–Kier alpha value is -1.47. The molecular weight excluding hydrogens is 263 g/mol. The second kappa shape index (κ2) is 6.12. The van der Waals surface area contributed by atoms with Gasteiger partial charge in [0, 0.05) is 0 Å². The zero-order chi connectivity index (χ0) is 14.5. The summed E-state index contributed by atoms with van der Waals surface area (Å²) in [4.78, 5) is 11.4. The third-order valence-corrected chi connectivity index (χ3v) is 3.29. The first-order valence-corrected chi connectivity index (χ1v) is 6.15. The van der Waals surface area contributed by atoms with E-state index < -0.39 is 24.0 Å². The molecule has 0 aromatic heterocycles. The molecule has 0 unspecified atom stereocenters. The molecule has 0 aromatic carbocycles. The highest BCUT2D eigenvalue weighted by Gasteiger charge is 2.40. The molecule has 0 bridgehead atoms. The van der Waals surface area contributed by atoms with Crippen LogP contribution in [-0.4, -0.2) is 28.7 Å². The highest BCUT2D eigenvalue weighted by atomic mass is 19.4. The van der Waals surface area contributed by atoms with Gasteiger partial charge in [-0.05, 0) is 12.8 Å². The van der Waals surface area contributed by atoms with Gasteiger partial charge in [-0.2, -0.15) is 13.2 Å². The molecule has 1 fully saturated rings. The molecule has 0 aliphatic heterocycles. The lowest BCUT2D eigenvalue weighted by Crippen LogP contribution is -2.57. The van der Waals surface area contributed by atoms with Crippen LogP contribution in [-0.2, 0) is 4.79 Å². The second-order valence-electron chi connectivity index (χ2n) is 4.82. The number of hydrogen-bond donors (Lipinski definition) is 3. The van der Waals surface area contributed by atoms with Crippen molar-refractivity contribution in [1.82, 2.24) is 5.32 Å². The maximum absolute atomic E-state index is 12.2. The number of hydrogen-bond acceptors (Lipinski definition) is 3. The zero-order valence-electron chi connectivity index (χ0n) is 10.5. The molecule has 5 nitrogen and oxygen atoms in total. The van der Waals surface area contributed by atoms with Gasteiger partial charge in [0.25, 0.3) is 0 Å². The molecule has 0 radical (unpaired) electrons. The lowest BCUT2D eigenvalue weighted by Gasteiger charge is -2.32. The van der Waals surface area contributed by atoms with Gasteiger partial charge in [-0.25, -0.2) is 0 Å². The number of oxime groups is 1. The van der Waals surface area contributed by atoms with E-state index in [0.29, 0.717) is 25.7 Å². The van der Waals surface area contributed by atoms with Crippen molar-refractivity contribution in [1.29, 1.82) is 0 Å². The van der Waals surface area contributed by atoms with Crippen LogP contribution in [0.5, 0.6) is 0 Å². The molecule has 4 N–H and O–H groups in total. The number of halogens is 3. The Bertz CT molecular complexity index is 348. The van der Waals surface area contributed by atoms with E-state index >= 15 is 0 Å². The Morgan fingerprint density at radius 3 is 2.21 bits per heavy atom. The molecule has 1 saturated carbocycles. The van der Waals surface area contributed by atoms with E-state index in [9.17, 15) is 18.0 Å². The molecule has 1 aliphatic carbocycles. The first kappa shape index (κ1) is 15.6. The van der Waals surface area contributed by atoms with Crippen molar-refractivity contribution >= 4 is 11.7 Å². The van der Waals surface area contributed by atoms with E-state index in [-0.39, 0.29) is 5.84 Å². The van der Waals surface area contributed by atoms with Crippen molar-refractivity contribution in [2.75, 3.05) is 0 Å². The Labute approximate surface area is 109 Å². The van der Waals surface area contributed by atoms with E-state index in [2.05, 4.69) is 10.5 Å². The van der Waals surface area contributed by atoms with E-state index in [4.69, 9.17) is 10.9 Å². The summed E-state index contributed by atoms with van der Waals surface area (Å²) in [5.74, 6) is -1.38. The minimum Gasteiger partial charge on any atom is -0.409 e. The molecule has 1 rings (SSSR count). The normalized spacial score (nSPS) is 20.7. The molecule has 0 atom stereocenters. The van der Waals surface area contributed by atoms with E-state index in [1.54, 1.807) is 0 Å². The number of nitrogens with two attached hydrogens (primary N) is 1. The third kappa shape index (κ3) is 4.60. The minimum absolute atomic E-state index is 0.232. The zero-order valence-corrected chi connectivity index (χ0v) is 10.5. The summed E-state index contributed by atoms with van der Waals surface area (Å²) < 4.78 is 36.5. The largest absolute Gasteiger partial charge is 0.409 e. The van der Waals surface area contributed by atoms with Crippen molar-refractivity contribution in [2.45, 2.75) is 56.7 Å². The maximum atomic E-state index is 12.2. The highest BCUT2D eigenvalue weighted by Crippen LogP contribution is 2.28. The first-order valence-electron chi connectivity index (χ1n) is 6.15. The monoisotopic (exact) mass is 281 g/mol. The Balaban J connectivity index is 2.83. The number of amides is 1. The molecule has 19 heavy (non-hydrogen) atoms. The van der Waals surface area contributed by atoms with Crippen molar-refractivity contribution in [3.05, 3.63) is 0 Å². The minimum atomic E-state index is -4.57. The lowest BCUT2D eigenvalue weighted by atomic mass is 9.88. The fraction of sp³-hybridized carbons (Fsp3) is 0.818. The summed E-state index contributed by atoms with van der Waals surface area (Å²) in [7, 11) is 0. The number of carbonyl (C=O) groups excluding carboxylic acids is 1. The molecule has 110 valence electrons. The summed E-state index contributed by atoms with van der Waals surface area (Å²) in [6.07, 6.45) is -2.12. The van der Waals surface area contributed by atoms with Crippen molar-refractivity contribution in [3.8, 4) is 0 Å². The molecule has 1 amide bonds. The summed E-state index contributed by atoms with van der Waals surface area (Å²) in [5.41, 5.74) is 4.41. The Morgan fingerprint density at radius 2 is 1.79 bits per heavy atom. The van der Waals surface area contributed by atoms with Crippen LogP contribution in [0.3, 0.4) is 0 Å². The number of amidine groups is 1. The predicted molar refractivity (Wildman–Crippen MR) is 62.7 cm³/mol. The van der Waals surface area contributed by atoms with Crippen LogP contribution < -0.4 is 11.1 Å². The van der Waals surface area contributed by atoms with Crippen LogP contribution in [0, 0.1) is 0 Å². The van der Waals surface area contributed by atoms with E-state index in [0.717, 1.165) is 12.8 Å². The second-order valence-corrected chi connectivity index (χ2v) is 4.82. The van der Waals surface area contributed by atoms with Crippen molar-refractivity contribution in [3.63, 3.8) is 0 Å². The topological polar surface area (TPSA) is 87.7 Å². The summed E-state index contributed by atoms with van der Waals surface area (Å²) >= 11 is 0. The highest BCUT2D eigenvalue weighted by molar-refractivity contribution is 5.94. The van der Waals surface area contributed by atoms with Gasteiger partial charge in [0.1, 0.15) is 12.0 Å². The molecule has 0 spiro atoms. The molecule has 0 aromatic rings. The fourth-order valence-corrected chi connectivity index (χ4v) is 2.37. The number of alkyl halides is 3. The van der Waals surface area contributed by atoms with Crippen LogP contribution in [0.4, 0.5) is 13.2 Å². The van der Waals surface area contributed by atoms with Gasteiger partial charge in [-0.3, -0.25) is 4.79 Å². The predicted octanol–water partition coefficient (Wildman–Crippen LogP) is 1.89. The molecule has 0 saturated heterocycles. The fourth-order valence-electron chi connectivity index (χ4n) is 2.37. The van der Waals surface area contributed by atoms with Crippen LogP contribution in [0.1, 0.15) is 44.9 Å². The number of rotatable bonds is 3. The standard InChI is InChI=1S/C11H18F3N3O2/c12-11(13,14)7-8(18)16-10(9(15)17-19)5-3-1-2-4-6-10/h19H,1-7H2,(H2,15,17)(H,16,18). The molecule has 8 heteroatoms. The Morgan fingerprint density at radius 1 is 1.26 bits per heavy atom. The Kier molecular flexibility index (Phi) is 5.02. The summed E-state index contributed by atoms with van der Waals surface area (Å²) in [6, 6.07) is 0. The third-order valence-electron chi connectivity index (χ3n) is 3.29. The van der Waals surface area contributed by atoms with Crippen molar-refractivity contribution in [2.24, 2.45) is 10.9 Å². The van der Waals surface area contributed by atoms with Gasteiger partial charge in [0.15, 0.2) is 5.84 Å². The number of carbonyl (C=O) groups is 1. The average Bonchev–Trinajstić information content (AvgIpc) is 2.52. The van der Waals surface area contributed by atoms with Gasteiger partial charge in [-0.15, -0.1) is 0 Å². The van der Waals surface area contributed by atoms with Gasteiger partial charge >= 0.3 is 6.18 Å². The van der Waals surface area contributed by atoms with Crippen LogP contribution in [0.15, 0.2) is 5.16 Å². The summed E-state index contributed by atoms with van der Waals surface area (Å²) in [6.45, 7) is 0. The smallest absolute Gasteiger partial charge is 0.397 e. The van der Waals surface area contributed by atoms with Crippen LogP contribution in [0.2, 0.25) is 0 Å². The average molecular weight is 281 g/mol. The first-order chi connectivity index (χ1) is 8.79. The molecule has 0 heterocycles. The lowest BCUT2D eigenvalue weighted by molar-refractivity contribution is -0.154. The maximum Gasteiger partial charge on any atom is 0.397 e. The van der Waals surface area contributed by atoms with E-state index in [1.807, 2.05) is 0 Å². The quantitative estimate of drug-likeness (QED) is 0.243. The van der Waals surface area contributed by atoms with Gasteiger partial charge < -0.3 is 16.3 Å². The van der Waals surface area contributed by atoms with Gasteiger partial charge in [0.05, 0.1) is 0 Å². The van der Waals surface area contributed by atoms with Gasteiger partial charge in [0.2, 0.25) is 5.91 Å². The van der Waals surface area contributed by atoms with E-state index in [1.165, 1.54) is 0 Å². The molecule has 1 aliphatic rings. The number of nitrogens with zero attached hydrogens (tertiary/aromatic N) is 1. The van der Waals surface area contributed by atoms with Crippen LogP contribution >= 0.6 is 0 Å². The number of nitrogens with one attached hydrogen (secondary N) is 1. The SMILES string of the molecule is N/C(=N/O)C1(NC(=O)CC(F)(F)F)CCCCCC1. The van der Waals surface area contributed by atoms with Gasteiger partial charge in [-0.1, -0.05) is 30.8 Å². The summed E-state index contributed by atoms with van der Waals surface area (Å²) in [5, 5.41) is 14.0. The van der Waals surface area contributed by atoms with Crippen molar-refractivity contribution < 1.29 is 23.2 Å². The van der Waals surface area contributed by atoms with Crippen LogP contribution in [0.25, 0.3) is 0 Å².